The van der Waals surface area contributed by atoms with Crippen LogP contribution in [-0.4, -0.2) is 57.2 Å². The molecule has 1 aliphatic heterocycles. The number of Topliss-reactive ketones (excluding diaryl/α,β-unsaturated/α-hetero) is 1. The van der Waals surface area contributed by atoms with E-state index in [0.717, 1.165) is 13.2 Å². The average molecular weight is 321 g/mol. The number of ketones is 1. The van der Waals surface area contributed by atoms with Crippen molar-refractivity contribution < 1.29 is 19.0 Å². The van der Waals surface area contributed by atoms with Crippen LogP contribution in [0.5, 0.6) is 11.5 Å². The molecule has 1 saturated heterocycles. The van der Waals surface area contributed by atoms with Crippen molar-refractivity contribution in [3.8, 4) is 11.5 Å². The molecule has 1 aromatic carbocycles. The number of hydrogen-bond acceptors (Lipinski definition) is 5. The van der Waals surface area contributed by atoms with Gasteiger partial charge in [0.05, 0.1) is 20.3 Å². The lowest BCUT2D eigenvalue weighted by atomic mass is 10.1. The normalized spacial score (nSPS) is 15.4. The van der Waals surface area contributed by atoms with Gasteiger partial charge in [-0.25, -0.2) is 0 Å². The van der Waals surface area contributed by atoms with E-state index in [-0.39, 0.29) is 5.78 Å². The van der Waals surface area contributed by atoms with Crippen molar-refractivity contribution in [1.29, 1.82) is 0 Å². The van der Waals surface area contributed by atoms with Crippen LogP contribution in [0.15, 0.2) is 18.2 Å². The highest BCUT2D eigenvalue weighted by Crippen LogP contribution is 2.28. The summed E-state index contributed by atoms with van der Waals surface area (Å²) in [6.07, 6.45) is 3.97. The summed E-state index contributed by atoms with van der Waals surface area (Å²) in [4.78, 5) is 13.8. The van der Waals surface area contributed by atoms with Crippen LogP contribution in [0.4, 0.5) is 0 Å². The molecule has 0 unspecified atom stereocenters. The summed E-state index contributed by atoms with van der Waals surface area (Å²) < 4.78 is 16.6. The molecule has 1 fully saturated rings. The van der Waals surface area contributed by atoms with Crippen LogP contribution in [0.3, 0.4) is 0 Å². The first kappa shape index (κ1) is 17.8. The number of ether oxygens (including phenoxy) is 3. The lowest BCUT2D eigenvalue weighted by molar-refractivity contribution is 0.0744. The molecular formula is C18H27NO4. The molecule has 1 heterocycles. The van der Waals surface area contributed by atoms with E-state index in [2.05, 4.69) is 4.90 Å². The molecular weight excluding hydrogens is 294 g/mol. The quantitative estimate of drug-likeness (QED) is 0.517. The van der Waals surface area contributed by atoms with Crippen molar-refractivity contribution in [3.05, 3.63) is 23.8 Å². The second-order valence-corrected chi connectivity index (χ2v) is 5.78. The first-order chi connectivity index (χ1) is 11.2. The third-order valence-corrected chi connectivity index (χ3v) is 4.06. The maximum atomic E-state index is 11.4. The minimum Gasteiger partial charge on any atom is -0.493 e. The SMILES string of the molecule is COc1cc(C(C)=O)ccc1OCCOCCN1CCCCC1. The molecule has 5 nitrogen and oxygen atoms in total. The van der Waals surface area contributed by atoms with Crippen LogP contribution < -0.4 is 9.47 Å². The van der Waals surface area contributed by atoms with Gasteiger partial charge in [-0.1, -0.05) is 6.42 Å². The van der Waals surface area contributed by atoms with Gasteiger partial charge in [-0.2, -0.15) is 0 Å². The topological polar surface area (TPSA) is 48.0 Å². The van der Waals surface area contributed by atoms with E-state index in [4.69, 9.17) is 14.2 Å². The number of benzene rings is 1. The summed E-state index contributed by atoms with van der Waals surface area (Å²) >= 11 is 0. The van der Waals surface area contributed by atoms with Crippen LogP contribution in [0, 0.1) is 0 Å². The number of carbonyl (C=O) groups excluding carboxylic acids is 1. The molecule has 1 aromatic rings. The molecule has 128 valence electrons. The Kier molecular flexibility index (Phi) is 7.36. The van der Waals surface area contributed by atoms with Gasteiger partial charge in [0.25, 0.3) is 0 Å². The molecule has 0 atom stereocenters. The van der Waals surface area contributed by atoms with E-state index < -0.39 is 0 Å². The van der Waals surface area contributed by atoms with Crippen molar-refractivity contribution in [2.45, 2.75) is 26.2 Å². The fourth-order valence-electron chi connectivity index (χ4n) is 2.70. The van der Waals surface area contributed by atoms with Gasteiger partial charge in [-0.3, -0.25) is 4.79 Å². The predicted octanol–water partition coefficient (Wildman–Crippen LogP) is 2.78. The summed E-state index contributed by atoms with van der Waals surface area (Å²) in [6, 6.07) is 5.22. The highest BCUT2D eigenvalue weighted by Gasteiger charge is 2.10. The summed E-state index contributed by atoms with van der Waals surface area (Å²) in [5.41, 5.74) is 0.618. The summed E-state index contributed by atoms with van der Waals surface area (Å²) in [7, 11) is 1.57. The summed E-state index contributed by atoms with van der Waals surface area (Å²) in [5.74, 6) is 1.22. The predicted molar refractivity (Wildman–Crippen MR) is 89.6 cm³/mol. The van der Waals surface area contributed by atoms with Crippen molar-refractivity contribution >= 4 is 5.78 Å². The standard InChI is InChI=1S/C18H27NO4/c1-15(20)16-6-7-17(18(14-16)21-2)23-13-12-22-11-10-19-8-4-3-5-9-19/h6-7,14H,3-5,8-13H2,1-2H3. The Morgan fingerprint density at radius 1 is 1.09 bits per heavy atom. The van der Waals surface area contributed by atoms with E-state index in [1.807, 2.05) is 0 Å². The smallest absolute Gasteiger partial charge is 0.161 e. The summed E-state index contributed by atoms with van der Waals surface area (Å²) in [6.45, 7) is 6.67. The number of rotatable bonds is 9. The minimum atomic E-state index is 0.0101. The van der Waals surface area contributed by atoms with Gasteiger partial charge >= 0.3 is 0 Å². The molecule has 0 bridgehead atoms. The van der Waals surface area contributed by atoms with Gasteiger partial charge in [0.1, 0.15) is 6.61 Å². The molecule has 0 spiro atoms. The van der Waals surface area contributed by atoms with E-state index >= 15 is 0 Å². The van der Waals surface area contributed by atoms with Gasteiger partial charge < -0.3 is 19.1 Å². The van der Waals surface area contributed by atoms with Crippen LogP contribution in [0.1, 0.15) is 36.5 Å². The second kappa shape index (κ2) is 9.53. The van der Waals surface area contributed by atoms with E-state index in [1.165, 1.54) is 39.3 Å². The van der Waals surface area contributed by atoms with Crippen molar-refractivity contribution in [2.24, 2.45) is 0 Å². The Balaban J connectivity index is 1.66. The van der Waals surface area contributed by atoms with Gasteiger partial charge in [-0.05, 0) is 51.1 Å². The van der Waals surface area contributed by atoms with E-state index in [9.17, 15) is 4.79 Å². The third-order valence-electron chi connectivity index (χ3n) is 4.06. The molecule has 5 heteroatoms. The fourth-order valence-corrected chi connectivity index (χ4v) is 2.70. The number of piperidine rings is 1. The zero-order valence-corrected chi connectivity index (χ0v) is 14.2. The molecule has 0 aliphatic carbocycles. The van der Waals surface area contributed by atoms with Crippen LogP contribution in [-0.2, 0) is 4.74 Å². The van der Waals surface area contributed by atoms with Crippen LogP contribution in [0.25, 0.3) is 0 Å². The maximum absolute atomic E-state index is 11.4. The zero-order valence-electron chi connectivity index (χ0n) is 14.2. The molecule has 0 N–H and O–H groups in total. The van der Waals surface area contributed by atoms with Gasteiger partial charge in [-0.15, -0.1) is 0 Å². The molecule has 23 heavy (non-hydrogen) atoms. The number of methoxy groups -OCH3 is 1. The number of carbonyl (C=O) groups is 1. The van der Waals surface area contributed by atoms with Crippen molar-refractivity contribution in [2.75, 3.05) is 46.6 Å². The number of nitrogens with zero attached hydrogens (tertiary/aromatic N) is 1. The van der Waals surface area contributed by atoms with E-state index in [1.54, 1.807) is 25.3 Å². The molecule has 1 aliphatic rings. The average Bonchev–Trinajstić information content (AvgIpc) is 2.58. The molecule has 2 rings (SSSR count). The third kappa shape index (κ3) is 5.84. The highest BCUT2D eigenvalue weighted by molar-refractivity contribution is 5.94. The minimum absolute atomic E-state index is 0.0101. The van der Waals surface area contributed by atoms with E-state index in [0.29, 0.717) is 30.3 Å². The Morgan fingerprint density at radius 2 is 1.87 bits per heavy atom. The molecule has 0 saturated carbocycles. The fraction of sp³-hybridized carbons (Fsp3) is 0.611. The Bertz CT molecular complexity index is 498. The van der Waals surface area contributed by atoms with Crippen molar-refractivity contribution in [3.63, 3.8) is 0 Å². The lowest BCUT2D eigenvalue weighted by Gasteiger charge is -2.26. The van der Waals surface area contributed by atoms with Crippen LogP contribution in [0.2, 0.25) is 0 Å². The Morgan fingerprint density at radius 3 is 2.57 bits per heavy atom. The summed E-state index contributed by atoms with van der Waals surface area (Å²) in [5, 5.41) is 0. The number of likely N-dealkylation sites (tertiary alicyclic amines) is 1. The lowest BCUT2D eigenvalue weighted by Crippen LogP contribution is -2.32. The molecule has 0 radical (unpaired) electrons. The first-order valence-electron chi connectivity index (χ1n) is 8.32. The van der Waals surface area contributed by atoms with Crippen LogP contribution >= 0.6 is 0 Å². The van der Waals surface area contributed by atoms with Gasteiger partial charge in [0, 0.05) is 12.1 Å². The zero-order chi connectivity index (χ0) is 16.5. The Hall–Kier alpha value is -1.59. The van der Waals surface area contributed by atoms with Crippen molar-refractivity contribution in [1.82, 2.24) is 4.90 Å². The number of hydrogen-bond donors (Lipinski definition) is 0. The second-order valence-electron chi connectivity index (χ2n) is 5.78. The highest BCUT2D eigenvalue weighted by atomic mass is 16.5. The largest absolute Gasteiger partial charge is 0.493 e. The first-order valence-corrected chi connectivity index (χ1v) is 8.32. The maximum Gasteiger partial charge on any atom is 0.161 e. The Labute approximate surface area is 138 Å². The molecule has 0 amide bonds. The van der Waals surface area contributed by atoms with Gasteiger partial charge in [0.15, 0.2) is 17.3 Å². The van der Waals surface area contributed by atoms with Gasteiger partial charge in [0.2, 0.25) is 0 Å². The molecule has 0 aromatic heterocycles. The monoisotopic (exact) mass is 321 g/mol.